The van der Waals surface area contributed by atoms with Crippen LogP contribution in [0.5, 0.6) is 0 Å². The van der Waals surface area contributed by atoms with E-state index in [-0.39, 0.29) is 39.4 Å². The van der Waals surface area contributed by atoms with Gasteiger partial charge in [0.15, 0.2) is 17.3 Å². The summed E-state index contributed by atoms with van der Waals surface area (Å²) in [5, 5.41) is 12.5. The Morgan fingerprint density at radius 1 is 1.12 bits per heavy atom. The minimum atomic E-state index is -0.493. The number of aromatic amines is 1. The number of aromatic nitrogens is 3. The van der Waals surface area contributed by atoms with E-state index in [1.165, 1.54) is 0 Å². The quantitative estimate of drug-likeness (QED) is 0.580. The molecule has 0 fully saturated rings. The van der Waals surface area contributed by atoms with Gasteiger partial charge in [-0.05, 0) is 17.7 Å². The fraction of sp³-hybridized carbons (Fsp3) is 0.0588. The van der Waals surface area contributed by atoms with Crippen molar-refractivity contribution in [2.45, 2.75) is 6.54 Å². The fourth-order valence-corrected chi connectivity index (χ4v) is 3.05. The lowest BCUT2D eigenvalue weighted by Gasteiger charge is -2.10. The van der Waals surface area contributed by atoms with Crippen molar-refractivity contribution in [3.63, 3.8) is 0 Å². The summed E-state index contributed by atoms with van der Waals surface area (Å²) in [7, 11) is 0. The number of ketones is 1. The first-order valence-corrected chi connectivity index (χ1v) is 8.25. The number of rotatable bonds is 5. The Morgan fingerprint density at radius 3 is 2.35 bits per heavy atom. The lowest BCUT2D eigenvalue weighted by atomic mass is 10.0. The number of hydrogen-bond acceptors (Lipinski definition) is 5. The van der Waals surface area contributed by atoms with Crippen LogP contribution in [0, 0.1) is 0 Å². The molecule has 2 aromatic carbocycles. The van der Waals surface area contributed by atoms with Gasteiger partial charge in [0, 0.05) is 12.1 Å². The molecule has 1 amide bonds. The maximum Gasteiger partial charge on any atom is 0.275 e. The fourth-order valence-electron chi connectivity index (χ4n) is 2.35. The van der Waals surface area contributed by atoms with Crippen LogP contribution in [0.25, 0.3) is 0 Å². The van der Waals surface area contributed by atoms with Gasteiger partial charge in [-0.2, -0.15) is 0 Å². The van der Waals surface area contributed by atoms with Crippen LogP contribution < -0.4 is 11.1 Å². The molecule has 0 aliphatic rings. The molecule has 0 saturated heterocycles. The summed E-state index contributed by atoms with van der Waals surface area (Å²) in [4.78, 5) is 24.6. The third kappa shape index (κ3) is 3.68. The first-order valence-electron chi connectivity index (χ1n) is 7.49. The van der Waals surface area contributed by atoms with Crippen molar-refractivity contribution in [3.8, 4) is 0 Å². The first-order chi connectivity index (χ1) is 12.5. The monoisotopic (exact) mass is 389 g/mol. The van der Waals surface area contributed by atoms with E-state index in [2.05, 4.69) is 20.7 Å². The molecule has 0 atom stereocenters. The van der Waals surface area contributed by atoms with Crippen molar-refractivity contribution in [2.75, 3.05) is 5.73 Å². The van der Waals surface area contributed by atoms with Crippen LogP contribution in [0.3, 0.4) is 0 Å². The molecule has 0 saturated carbocycles. The zero-order valence-electron chi connectivity index (χ0n) is 13.3. The van der Waals surface area contributed by atoms with Crippen LogP contribution in [-0.2, 0) is 6.54 Å². The molecule has 0 radical (unpaired) electrons. The largest absolute Gasteiger partial charge is 0.382 e. The Kier molecular flexibility index (Phi) is 5.20. The van der Waals surface area contributed by atoms with Crippen LogP contribution in [0.1, 0.15) is 32.0 Å². The maximum atomic E-state index is 12.6. The zero-order valence-corrected chi connectivity index (χ0v) is 14.8. The average molecular weight is 390 g/mol. The maximum absolute atomic E-state index is 12.6. The van der Waals surface area contributed by atoms with Gasteiger partial charge in [-0.15, -0.1) is 5.10 Å². The molecule has 3 rings (SSSR count). The normalized spacial score (nSPS) is 10.5. The minimum Gasteiger partial charge on any atom is -0.382 e. The van der Waals surface area contributed by atoms with Gasteiger partial charge in [0.2, 0.25) is 0 Å². The van der Waals surface area contributed by atoms with Gasteiger partial charge in [0.05, 0.1) is 15.6 Å². The number of nitrogen functional groups attached to an aromatic ring is 1. The second-order valence-corrected chi connectivity index (χ2v) is 6.20. The second-order valence-electron chi connectivity index (χ2n) is 5.39. The number of nitrogens with two attached hydrogens (primary N) is 1. The molecule has 1 aromatic heterocycles. The van der Waals surface area contributed by atoms with Gasteiger partial charge in [0.1, 0.15) is 0 Å². The number of hydrogen-bond donors (Lipinski definition) is 3. The number of halogens is 2. The minimum absolute atomic E-state index is 0.00179. The van der Waals surface area contributed by atoms with E-state index in [1.807, 2.05) is 6.07 Å². The van der Waals surface area contributed by atoms with Gasteiger partial charge < -0.3 is 11.1 Å². The summed E-state index contributed by atoms with van der Waals surface area (Å²) in [6.45, 7) is 0.129. The molecule has 3 aromatic rings. The smallest absolute Gasteiger partial charge is 0.275 e. The molecule has 0 aliphatic carbocycles. The summed E-state index contributed by atoms with van der Waals surface area (Å²) < 4.78 is 0. The predicted molar refractivity (Wildman–Crippen MR) is 98.3 cm³/mol. The Labute approximate surface area is 158 Å². The number of amides is 1. The van der Waals surface area contributed by atoms with E-state index in [1.54, 1.807) is 36.4 Å². The van der Waals surface area contributed by atoms with Crippen molar-refractivity contribution in [1.82, 2.24) is 20.7 Å². The van der Waals surface area contributed by atoms with E-state index in [0.717, 1.165) is 0 Å². The van der Waals surface area contributed by atoms with Crippen LogP contribution in [0.15, 0.2) is 42.5 Å². The van der Waals surface area contributed by atoms with Crippen LogP contribution >= 0.6 is 23.2 Å². The number of nitrogens with one attached hydrogen (secondary N) is 2. The third-order valence-corrected chi connectivity index (χ3v) is 4.20. The van der Waals surface area contributed by atoms with Crippen molar-refractivity contribution in [2.24, 2.45) is 0 Å². The SMILES string of the molecule is Nc1[nH]nnc1C(=O)NCc1cc(Cl)c(C(=O)c2ccccc2)c(Cl)c1. The molecule has 9 heteroatoms. The molecule has 0 bridgehead atoms. The standard InChI is InChI=1S/C17H13Cl2N5O2/c18-11-6-9(8-21-17(26)14-16(20)23-24-22-14)7-12(19)13(11)15(25)10-4-2-1-3-5-10/h1-7H,8H2,(H,21,26)(H3,20,22,23,24). The van der Waals surface area contributed by atoms with Gasteiger partial charge in [0.25, 0.3) is 5.91 Å². The molecule has 1 heterocycles. The summed E-state index contributed by atoms with van der Waals surface area (Å²) in [6.07, 6.45) is 0. The average Bonchev–Trinajstić information content (AvgIpc) is 3.06. The van der Waals surface area contributed by atoms with Crippen molar-refractivity contribution in [3.05, 3.63) is 74.9 Å². The van der Waals surface area contributed by atoms with Crippen LogP contribution in [0.2, 0.25) is 10.0 Å². The number of carbonyl (C=O) groups excluding carboxylic acids is 2. The second kappa shape index (κ2) is 7.55. The molecule has 4 N–H and O–H groups in total. The lowest BCUT2D eigenvalue weighted by Crippen LogP contribution is -2.24. The molecule has 26 heavy (non-hydrogen) atoms. The van der Waals surface area contributed by atoms with Gasteiger partial charge >= 0.3 is 0 Å². The summed E-state index contributed by atoms with van der Waals surface area (Å²) in [5.41, 5.74) is 6.87. The van der Waals surface area contributed by atoms with E-state index >= 15 is 0 Å². The molecular formula is C17H13Cl2N5O2. The number of carbonyl (C=O) groups is 2. The van der Waals surface area contributed by atoms with Crippen molar-refractivity contribution < 1.29 is 9.59 Å². The Morgan fingerprint density at radius 2 is 1.77 bits per heavy atom. The highest BCUT2D eigenvalue weighted by Crippen LogP contribution is 2.29. The molecule has 132 valence electrons. The lowest BCUT2D eigenvalue weighted by molar-refractivity contribution is 0.0946. The van der Waals surface area contributed by atoms with Crippen LogP contribution in [-0.4, -0.2) is 27.1 Å². The van der Waals surface area contributed by atoms with Gasteiger partial charge in [-0.1, -0.05) is 58.7 Å². The summed E-state index contributed by atoms with van der Waals surface area (Å²) >= 11 is 12.5. The number of benzene rings is 2. The summed E-state index contributed by atoms with van der Waals surface area (Å²) in [6, 6.07) is 11.9. The summed E-state index contributed by atoms with van der Waals surface area (Å²) in [5.74, 6) is -0.693. The molecular weight excluding hydrogens is 377 g/mol. The highest BCUT2D eigenvalue weighted by Gasteiger charge is 2.18. The molecule has 0 unspecified atom stereocenters. The van der Waals surface area contributed by atoms with Crippen LogP contribution in [0.4, 0.5) is 5.82 Å². The van der Waals surface area contributed by atoms with E-state index in [0.29, 0.717) is 11.1 Å². The number of nitrogens with zero attached hydrogens (tertiary/aromatic N) is 2. The van der Waals surface area contributed by atoms with Gasteiger partial charge in [-0.25, -0.2) is 5.10 Å². The molecule has 0 spiro atoms. The Balaban J connectivity index is 1.78. The van der Waals surface area contributed by atoms with Gasteiger partial charge in [-0.3, -0.25) is 9.59 Å². The Hall–Kier alpha value is -2.90. The van der Waals surface area contributed by atoms with Crippen molar-refractivity contribution in [1.29, 1.82) is 0 Å². The number of H-pyrrole nitrogens is 1. The van der Waals surface area contributed by atoms with E-state index in [9.17, 15) is 9.59 Å². The zero-order chi connectivity index (χ0) is 18.7. The highest BCUT2D eigenvalue weighted by atomic mass is 35.5. The predicted octanol–water partition coefficient (Wildman–Crippen LogP) is 2.85. The molecule has 0 aliphatic heterocycles. The topological polar surface area (TPSA) is 114 Å². The highest BCUT2D eigenvalue weighted by molar-refractivity contribution is 6.41. The first kappa shape index (κ1) is 17.9. The Bertz CT molecular complexity index is 949. The van der Waals surface area contributed by atoms with Crippen molar-refractivity contribution >= 4 is 40.7 Å². The number of anilines is 1. The van der Waals surface area contributed by atoms with E-state index in [4.69, 9.17) is 28.9 Å². The third-order valence-electron chi connectivity index (χ3n) is 3.61. The molecule has 7 nitrogen and oxygen atoms in total. The van der Waals surface area contributed by atoms with E-state index < -0.39 is 5.91 Å².